The Morgan fingerprint density at radius 1 is 0.941 bits per heavy atom. The Kier molecular flexibility index (Phi) is 2.14. The lowest BCUT2D eigenvalue weighted by Crippen LogP contribution is -1.85. The molecule has 4 heteroatoms. The van der Waals surface area contributed by atoms with E-state index in [1.165, 1.54) is 12.1 Å². The maximum absolute atomic E-state index is 13.6. The van der Waals surface area contributed by atoms with Gasteiger partial charge in [-0.15, -0.1) is 0 Å². The lowest BCUT2D eigenvalue weighted by atomic mass is 10.1. The van der Waals surface area contributed by atoms with Crippen molar-refractivity contribution >= 4 is 11.0 Å². The number of aromatic amines is 1. The molecule has 2 heterocycles. The highest BCUT2D eigenvalue weighted by Gasteiger charge is 2.11. The first-order chi connectivity index (χ1) is 8.25. The molecule has 0 atom stereocenters. The van der Waals surface area contributed by atoms with Gasteiger partial charge in [-0.05, 0) is 18.2 Å². The molecule has 3 rings (SSSR count). The van der Waals surface area contributed by atoms with Crippen LogP contribution in [-0.2, 0) is 0 Å². The molecule has 0 aliphatic heterocycles. The van der Waals surface area contributed by atoms with Crippen LogP contribution in [0.2, 0.25) is 0 Å². The summed E-state index contributed by atoms with van der Waals surface area (Å²) >= 11 is 0. The topological polar surface area (TPSA) is 28.7 Å². The zero-order chi connectivity index (χ0) is 11.8. The van der Waals surface area contributed by atoms with E-state index in [0.717, 1.165) is 0 Å². The van der Waals surface area contributed by atoms with Gasteiger partial charge >= 0.3 is 0 Å². The molecule has 0 amide bonds. The maximum Gasteiger partial charge on any atom is 0.213 e. The van der Waals surface area contributed by atoms with Crippen LogP contribution >= 0.6 is 0 Å². The molecule has 0 bridgehead atoms. The first-order valence-corrected chi connectivity index (χ1v) is 5.14. The molecular weight excluding hydrogens is 222 g/mol. The molecule has 2 nitrogen and oxygen atoms in total. The van der Waals surface area contributed by atoms with Gasteiger partial charge in [0.05, 0.1) is 11.0 Å². The molecule has 2 aromatic heterocycles. The Hall–Kier alpha value is -2.23. The van der Waals surface area contributed by atoms with E-state index < -0.39 is 5.95 Å². The molecule has 0 aliphatic carbocycles. The Balaban J connectivity index is 2.31. The van der Waals surface area contributed by atoms with E-state index in [1.54, 1.807) is 30.5 Å². The molecule has 0 radical (unpaired) electrons. The Labute approximate surface area is 95.9 Å². The standard InChI is InChI=1S/C13H8F2N2/c14-10-4-2-1-3-8(10)9-7-16-11-5-6-12(15)17-13(9)11/h1-7,16H. The second-order valence-electron chi connectivity index (χ2n) is 3.71. The number of rotatable bonds is 1. The summed E-state index contributed by atoms with van der Waals surface area (Å²) in [5, 5.41) is 0. The third-order valence-corrected chi connectivity index (χ3v) is 2.65. The molecule has 0 unspecified atom stereocenters. The van der Waals surface area contributed by atoms with Crippen molar-refractivity contribution in [2.24, 2.45) is 0 Å². The number of aromatic nitrogens is 2. The number of H-pyrrole nitrogens is 1. The van der Waals surface area contributed by atoms with Crippen LogP contribution in [0.4, 0.5) is 8.78 Å². The van der Waals surface area contributed by atoms with Crippen molar-refractivity contribution in [2.75, 3.05) is 0 Å². The van der Waals surface area contributed by atoms with Gasteiger partial charge in [0.1, 0.15) is 5.82 Å². The second kappa shape index (κ2) is 3.66. The van der Waals surface area contributed by atoms with E-state index in [2.05, 4.69) is 9.97 Å². The van der Waals surface area contributed by atoms with Gasteiger partial charge in [-0.1, -0.05) is 18.2 Å². The summed E-state index contributed by atoms with van der Waals surface area (Å²) in [6.07, 6.45) is 1.63. The first kappa shape index (κ1) is 9.96. The van der Waals surface area contributed by atoms with Crippen molar-refractivity contribution in [3.05, 3.63) is 54.4 Å². The van der Waals surface area contributed by atoms with Gasteiger partial charge in [-0.25, -0.2) is 9.37 Å². The molecule has 17 heavy (non-hydrogen) atoms. The van der Waals surface area contributed by atoms with Crippen LogP contribution in [0.5, 0.6) is 0 Å². The van der Waals surface area contributed by atoms with Crippen LogP contribution in [0, 0.1) is 11.8 Å². The van der Waals surface area contributed by atoms with E-state index >= 15 is 0 Å². The Morgan fingerprint density at radius 2 is 1.76 bits per heavy atom. The monoisotopic (exact) mass is 230 g/mol. The molecular formula is C13H8F2N2. The van der Waals surface area contributed by atoms with Gasteiger partial charge in [0.2, 0.25) is 5.95 Å². The molecule has 0 fully saturated rings. The number of halogens is 2. The van der Waals surface area contributed by atoms with Crippen molar-refractivity contribution in [3.8, 4) is 11.1 Å². The lowest BCUT2D eigenvalue weighted by molar-refractivity contribution is 0.589. The second-order valence-corrected chi connectivity index (χ2v) is 3.71. The van der Waals surface area contributed by atoms with Crippen molar-refractivity contribution in [1.29, 1.82) is 0 Å². The number of fused-ring (bicyclic) bond motifs is 1. The third-order valence-electron chi connectivity index (χ3n) is 2.65. The van der Waals surface area contributed by atoms with Crippen molar-refractivity contribution in [3.63, 3.8) is 0 Å². The highest BCUT2D eigenvalue weighted by atomic mass is 19.1. The van der Waals surface area contributed by atoms with E-state index in [9.17, 15) is 8.78 Å². The fourth-order valence-corrected chi connectivity index (χ4v) is 1.86. The average molecular weight is 230 g/mol. The summed E-state index contributed by atoms with van der Waals surface area (Å²) in [4.78, 5) is 6.73. The van der Waals surface area contributed by atoms with Crippen LogP contribution < -0.4 is 0 Å². The van der Waals surface area contributed by atoms with Gasteiger partial charge < -0.3 is 4.98 Å². The van der Waals surface area contributed by atoms with E-state index in [-0.39, 0.29) is 5.82 Å². The van der Waals surface area contributed by atoms with Gasteiger partial charge in [0.25, 0.3) is 0 Å². The van der Waals surface area contributed by atoms with Crippen LogP contribution in [0.25, 0.3) is 22.2 Å². The summed E-state index contributed by atoms with van der Waals surface area (Å²) in [6.45, 7) is 0. The number of hydrogen-bond donors (Lipinski definition) is 1. The van der Waals surface area contributed by atoms with Crippen LogP contribution in [0.15, 0.2) is 42.6 Å². The van der Waals surface area contributed by atoms with Gasteiger partial charge in [-0.3, -0.25) is 0 Å². The summed E-state index contributed by atoms with van der Waals surface area (Å²) in [5.41, 5.74) is 2.11. The molecule has 1 N–H and O–H groups in total. The minimum Gasteiger partial charge on any atom is -0.359 e. The van der Waals surface area contributed by atoms with Gasteiger partial charge in [0.15, 0.2) is 0 Å². The van der Waals surface area contributed by atoms with E-state index in [0.29, 0.717) is 22.2 Å². The number of pyridine rings is 1. The molecule has 84 valence electrons. The summed E-state index contributed by atoms with van der Waals surface area (Å²) in [7, 11) is 0. The smallest absolute Gasteiger partial charge is 0.213 e. The number of hydrogen-bond acceptors (Lipinski definition) is 1. The Morgan fingerprint density at radius 3 is 2.59 bits per heavy atom. The van der Waals surface area contributed by atoms with Crippen molar-refractivity contribution in [1.82, 2.24) is 9.97 Å². The quantitative estimate of drug-likeness (QED) is 0.637. The molecule has 0 aliphatic rings. The molecule has 3 aromatic rings. The summed E-state index contributed by atoms with van der Waals surface area (Å²) < 4.78 is 26.7. The fraction of sp³-hybridized carbons (Fsp3) is 0. The maximum atomic E-state index is 13.6. The largest absolute Gasteiger partial charge is 0.359 e. The predicted octanol–water partition coefficient (Wildman–Crippen LogP) is 3.51. The highest BCUT2D eigenvalue weighted by Crippen LogP contribution is 2.28. The molecule has 1 aromatic carbocycles. The van der Waals surface area contributed by atoms with E-state index in [1.807, 2.05) is 0 Å². The molecule has 0 spiro atoms. The fourth-order valence-electron chi connectivity index (χ4n) is 1.86. The average Bonchev–Trinajstić information content (AvgIpc) is 2.72. The minimum atomic E-state index is -0.574. The lowest BCUT2D eigenvalue weighted by Gasteiger charge is -2.00. The van der Waals surface area contributed by atoms with Crippen LogP contribution in [0.1, 0.15) is 0 Å². The number of nitrogens with zero attached hydrogens (tertiary/aromatic N) is 1. The summed E-state index contributed by atoms with van der Waals surface area (Å²) in [5.74, 6) is -0.922. The number of benzene rings is 1. The van der Waals surface area contributed by atoms with Crippen molar-refractivity contribution in [2.45, 2.75) is 0 Å². The minimum absolute atomic E-state index is 0.348. The highest BCUT2D eigenvalue weighted by molar-refractivity contribution is 5.92. The normalized spacial score (nSPS) is 10.9. The first-order valence-electron chi connectivity index (χ1n) is 5.14. The van der Waals surface area contributed by atoms with Gasteiger partial charge in [-0.2, -0.15) is 4.39 Å². The number of nitrogens with one attached hydrogen (secondary N) is 1. The third kappa shape index (κ3) is 1.58. The predicted molar refractivity (Wildman–Crippen MR) is 61.4 cm³/mol. The zero-order valence-electron chi connectivity index (χ0n) is 8.74. The Bertz CT molecular complexity index is 689. The van der Waals surface area contributed by atoms with Crippen LogP contribution in [-0.4, -0.2) is 9.97 Å². The van der Waals surface area contributed by atoms with Crippen LogP contribution in [0.3, 0.4) is 0 Å². The zero-order valence-corrected chi connectivity index (χ0v) is 8.74. The SMILES string of the molecule is Fc1ccc2[nH]cc(-c3ccccc3F)c2n1. The van der Waals surface area contributed by atoms with E-state index in [4.69, 9.17) is 0 Å². The van der Waals surface area contributed by atoms with Crippen molar-refractivity contribution < 1.29 is 8.78 Å². The molecule has 0 saturated heterocycles. The molecule has 0 saturated carbocycles. The van der Waals surface area contributed by atoms with Gasteiger partial charge in [0, 0.05) is 17.3 Å². The summed E-state index contributed by atoms with van der Waals surface area (Å²) in [6, 6.07) is 9.21.